The minimum Gasteiger partial charge on any atom is -0.393 e. The Bertz CT molecular complexity index is 1440. The van der Waals surface area contributed by atoms with Crippen LogP contribution in [0.5, 0.6) is 0 Å². The van der Waals surface area contributed by atoms with Crippen molar-refractivity contribution in [3.63, 3.8) is 0 Å². The summed E-state index contributed by atoms with van der Waals surface area (Å²) in [5.74, 6) is 0.0751. The average molecular weight is 769 g/mol. The van der Waals surface area contributed by atoms with Crippen molar-refractivity contribution in [1.29, 1.82) is 0 Å². The van der Waals surface area contributed by atoms with Crippen LogP contribution in [0.2, 0.25) is 0 Å². The standard InChI is InChI=1S/C41H68O13/c1-19-26(45)28(47)29(48)33(51-19)53-30-27(46)22(44)17-50-34(30)52-24-10-12-41-18-40(41)14-13-37(6)32(39(8)11-9-25(54-39)36(4,5)49)21(43)16-38(37,7)23(40)15-20(42)31(41)35(24,2)3/h19-34,42-49H,9-18H2,1-8H3/t19-,20-,21-,22+,23-,24-,25-,26-,27-,28+,29+,30+,31+,32-,33-,34-,37+,38-,39+,40-,41+/m0/s1. The Balaban J connectivity index is 1.02. The molecular weight excluding hydrogens is 700 g/mol. The number of aliphatic hydroxyl groups is 8. The van der Waals surface area contributed by atoms with Crippen molar-refractivity contribution in [2.75, 3.05) is 6.61 Å². The minimum absolute atomic E-state index is 0.0406. The van der Waals surface area contributed by atoms with Gasteiger partial charge in [0, 0.05) is 5.92 Å². The monoisotopic (exact) mass is 768 g/mol. The smallest absolute Gasteiger partial charge is 0.187 e. The Hall–Kier alpha value is -0.520. The first-order chi connectivity index (χ1) is 25.0. The van der Waals surface area contributed by atoms with Gasteiger partial charge in [0.05, 0.1) is 48.3 Å². The van der Waals surface area contributed by atoms with E-state index in [0.717, 1.165) is 38.5 Å². The van der Waals surface area contributed by atoms with Crippen LogP contribution in [-0.2, 0) is 23.7 Å². The van der Waals surface area contributed by atoms with E-state index in [2.05, 4.69) is 34.6 Å². The SMILES string of the molecule is C[C@@H]1O[C@@H](O[C@H]2[C@H](O[C@H]3CC[C@]45C[C@]46CC[C@]4(C)[C@@H]([C@@]7(C)CC[C@@H](C(C)(C)O)O7)[C@@H](O)C[C@@]4(C)[C@@H]6C[C@H](O)[C@@H]5C3(C)C)OC[C@@H](O)[C@@H]2O)[C@H](O)[C@H](O)[C@H]1O. The summed E-state index contributed by atoms with van der Waals surface area (Å²) in [4.78, 5) is 0. The molecule has 8 fully saturated rings. The van der Waals surface area contributed by atoms with Crippen molar-refractivity contribution in [3.8, 4) is 0 Å². The lowest BCUT2D eigenvalue weighted by Crippen LogP contribution is -2.64. The van der Waals surface area contributed by atoms with Crippen LogP contribution in [0.1, 0.15) is 113 Å². The molecule has 13 heteroatoms. The molecule has 0 unspecified atom stereocenters. The number of rotatable bonds is 6. The van der Waals surface area contributed by atoms with E-state index in [1.54, 1.807) is 13.8 Å². The Kier molecular flexibility index (Phi) is 9.50. The first-order valence-corrected chi connectivity index (χ1v) is 20.7. The highest BCUT2D eigenvalue weighted by Crippen LogP contribution is 2.89. The van der Waals surface area contributed by atoms with Gasteiger partial charge in [-0.1, -0.05) is 27.7 Å². The molecule has 2 spiro atoms. The summed E-state index contributed by atoms with van der Waals surface area (Å²) in [6.45, 7) is 16.1. The van der Waals surface area contributed by atoms with Crippen molar-refractivity contribution in [2.24, 2.45) is 44.8 Å². The summed E-state index contributed by atoms with van der Waals surface area (Å²) in [5.41, 5.74) is -2.51. The maximum absolute atomic E-state index is 12.4. The topological polar surface area (TPSA) is 208 Å². The van der Waals surface area contributed by atoms with Crippen molar-refractivity contribution < 1.29 is 64.5 Å². The number of aliphatic hydroxyl groups excluding tert-OH is 7. The Morgan fingerprint density at radius 3 is 2.06 bits per heavy atom. The van der Waals surface area contributed by atoms with Gasteiger partial charge >= 0.3 is 0 Å². The average Bonchev–Trinajstić information content (AvgIpc) is 3.43. The van der Waals surface area contributed by atoms with Crippen molar-refractivity contribution in [2.45, 2.75) is 204 Å². The molecule has 0 radical (unpaired) electrons. The minimum atomic E-state index is -1.61. The van der Waals surface area contributed by atoms with E-state index in [1.807, 2.05) is 0 Å². The van der Waals surface area contributed by atoms with Gasteiger partial charge in [0.15, 0.2) is 12.6 Å². The second-order valence-corrected chi connectivity index (χ2v) is 21.0. The van der Waals surface area contributed by atoms with Crippen molar-refractivity contribution in [1.82, 2.24) is 0 Å². The third-order valence-corrected chi connectivity index (χ3v) is 17.6. The zero-order valence-electron chi connectivity index (χ0n) is 33.4. The normalized spacial score (nSPS) is 59.6. The number of fused-ring (bicyclic) bond motifs is 2. The second-order valence-electron chi connectivity index (χ2n) is 21.0. The van der Waals surface area contributed by atoms with E-state index in [4.69, 9.17) is 23.7 Å². The summed E-state index contributed by atoms with van der Waals surface area (Å²) < 4.78 is 31.1. The number of ether oxygens (including phenoxy) is 5. The molecule has 8 aliphatic rings. The first-order valence-electron chi connectivity index (χ1n) is 20.7. The van der Waals surface area contributed by atoms with E-state index in [-0.39, 0.29) is 52.1 Å². The molecule has 21 atom stereocenters. The predicted molar refractivity (Wildman–Crippen MR) is 192 cm³/mol. The van der Waals surface area contributed by atoms with Gasteiger partial charge in [-0.25, -0.2) is 0 Å². The molecule has 310 valence electrons. The largest absolute Gasteiger partial charge is 0.393 e. The van der Waals surface area contributed by atoms with Gasteiger partial charge in [0.2, 0.25) is 0 Å². The summed E-state index contributed by atoms with van der Waals surface area (Å²) in [5, 5.41) is 88.1. The molecule has 3 aliphatic heterocycles. The van der Waals surface area contributed by atoms with Gasteiger partial charge in [0.25, 0.3) is 0 Å². The molecule has 0 amide bonds. The molecule has 8 rings (SSSR count). The quantitative estimate of drug-likeness (QED) is 0.182. The van der Waals surface area contributed by atoms with Gasteiger partial charge in [-0.2, -0.15) is 0 Å². The van der Waals surface area contributed by atoms with E-state index in [1.165, 1.54) is 6.92 Å². The molecule has 3 heterocycles. The number of hydrogen-bond acceptors (Lipinski definition) is 13. The van der Waals surface area contributed by atoms with Gasteiger partial charge in [-0.05, 0) is 124 Å². The molecule has 5 aliphatic carbocycles. The van der Waals surface area contributed by atoms with Crippen molar-refractivity contribution >= 4 is 0 Å². The molecule has 0 bridgehead atoms. The summed E-state index contributed by atoms with van der Waals surface area (Å²) in [7, 11) is 0. The maximum Gasteiger partial charge on any atom is 0.187 e. The molecule has 5 saturated carbocycles. The molecule has 13 nitrogen and oxygen atoms in total. The third kappa shape index (κ3) is 5.43. The van der Waals surface area contributed by atoms with Crippen LogP contribution < -0.4 is 0 Å². The molecule has 3 saturated heterocycles. The van der Waals surface area contributed by atoms with Crippen LogP contribution in [0.3, 0.4) is 0 Å². The van der Waals surface area contributed by atoms with Crippen LogP contribution in [0.25, 0.3) is 0 Å². The maximum atomic E-state index is 12.4. The predicted octanol–water partition coefficient (Wildman–Crippen LogP) is 1.75. The zero-order valence-corrected chi connectivity index (χ0v) is 33.4. The Morgan fingerprint density at radius 1 is 0.685 bits per heavy atom. The van der Waals surface area contributed by atoms with Crippen LogP contribution >= 0.6 is 0 Å². The first kappa shape index (κ1) is 40.3. The highest BCUT2D eigenvalue weighted by atomic mass is 16.8. The fourth-order valence-electron chi connectivity index (χ4n) is 14.8. The summed E-state index contributed by atoms with van der Waals surface area (Å²) in [6.07, 6.45) is -6.31. The van der Waals surface area contributed by atoms with Gasteiger partial charge in [0.1, 0.15) is 36.6 Å². The second kappa shape index (κ2) is 12.7. The molecule has 0 aromatic rings. The van der Waals surface area contributed by atoms with E-state index < -0.39 is 90.2 Å². The van der Waals surface area contributed by atoms with Gasteiger partial charge in [-0.3, -0.25) is 0 Å². The lowest BCUT2D eigenvalue weighted by molar-refractivity contribution is -0.364. The molecule has 54 heavy (non-hydrogen) atoms. The van der Waals surface area contributed by atoms with Crippen LogP contribution in [-0.4, -0.2) is 138 Å². The lowest BCUT2D eigenvalue weighted by Gasteiger charge is -2.64. The van der Waals surface area contributed by atoms with Crippen LogP contribution in [0, 0.1) is 44.8 Å². The lowest BCUT2D eigenvalue weighted by atomic mass is 9.41. The molecule has 0 aromatic carbocycles. The summed E-state index contributed by atoms with van der Waals surface area (Å²) in [6, 6.07) is 0. The van der Waals surface area contributed by atoms with Gasteiger partial charge < -0.3 is 64.5 Å². The fourth-order valence-corrected chi connectivity index (χ4v) is 14.8. The van der Waals surface area contributed by atoms with Crippen LogP contribution in [0.15, 0.2) is 0 Å². The zero-order chi connectivity index (χ0) is 39.3. The Morgan fingerprint density at radius 2 is 1.39 bits per heavy atom. The van der Waals surface area contributed by atoms with Crippen molar-refractivity contribution in [3.05, 3.63) is 0 Å². The summed E-state index contributed by atoms with van der Waals surface area (Å²) >= 11 is 0. The molecule has 0 aromatic heterocycles. The van der Waals surface area contributed by atoms with Gasteiger partial charge in [-0.15, -0.1) is 0 Å². The van der Waals surface area contributed by atoms with E-state index in [0.29, 0.717) is 19.3 Å². The van der Waals surface area contributed by atoms with E-state index >= 15 is 0 Å². The van der Waals surface area contributed by atoms with Crippen LogP contribution in [0.4, 0.5) is 0 Å². The molecule has 8 N–H and O–H groups in total. The van der Waals surface area contributed by atoms with E-state index in [9.17, 15) is 40.9 Å². The highest BCUT2D eigenvalue weighted by Gasteiger charge is 2.85. The number of hydrogen-bond donors (Lipinski definition) is 8. The Labute approximate surface area is 319 Å². The molecular formula is C41H68O13. The third-order valence-electron chi connectivity index (χ3n) is 17.6. The fraction of sp³-hybridized carbons (Fsp3) is 1.00. The highest BCUT2D eigenvalue weighted by molar-refractivity contribution is 5.33.